The number of carboxylic acids is 1. The van der Waals surface area contributed by atoms with Crippen LogP contribution in [-0.2, 0) is 4.79 Å². The lowest BCUT2D eigenvalue weighted by Gasteiger charge is -2.32. The number of aliphatic carboxylic acids is 1. The van der Waals surface area contributed by atoms with E-state index in [4.69, 9.17) is 0 Å². The van der Waals surface area contributed by atoms with Crippen LogP contribution in [0.15, 0.2) is 24.3 Å². The van der Waals surface area contributed by atoms with Crippen molar-refractivity contribution in [2.75, 3.05) is 13.1 Å². The summed E-state index contributed by atoms with van der Waals surface area (Å²) in [5.41, 5.74) is 0.103. The molecule has 1 aliphatic heterocycles. The molecule has 0 bridgehead atoms. The topological polar surface area (TPSA) is 104 Å². The largest absolute Gasteiger partial charge is 0.550 e. The number of nitro benzene ring substituents is 1. The number of benzene rings is 1. The Morgan fingerprint density at radius 2 is 1.90 bits per heavy atom. The van der Waals surface area contributed by atoms with E-state index >= 15 is 0 Å². The monoisotopic (exact) mass is 277 g/mol. The van der Waals surface area contributed by atoms with E-state index in [9.17, 15) is 24.8 Å². The van der Waals surface area contributed by atoms with Crippen molar-refractivity contribution < 1.29 is 19.6 Å². The van der Waals surface area contributed by atoms with Gasteiger partial charge in [-0.15, -0.1) is 0 Å². The molecule has 1 aromatic carbocycles. The second-order valence-corrected chi connectivity index (χ2v) is 4.69. The Labute approximate surface area is 115 Å². The Morgan fingerprint density at radius 3 is 2.45 bits per heavy atom. The van der Waals surface area contributed by atoms with E-state index in [1.54, 1.807) is 0 Å². The molecule has 1 heterocycles. The maximum absolute atomic E-state index is 12.2. The van der Waals surface area contributed by atoms with E-state index in [2.05, 4.69) is 0 Å². The number of carbonyl (C=O) groups is 2. The summed E-state index contributed by atoms with van der Waals surface area (Å²) in [4.78, 5) is 34.6. The smallest absolute Gasteiger partial charge is 0.270 e. The van der Waals surface area contributed by atoms with Crippen molar-refractivity contribution >= 4 is 17.6 Å². The van der Waals surface area contributed by atoms with Gasteiger partial charge in [-0.25, -0.2) is 0 Å². The van der Waals surface area contributed by atoms with Crippen LogP contribution < -0.4 is 5.11 Å². The maximum Gasteiger partial charge on any atom is 0.270 e. The lowest BCUT2D eigenvalue weighted by atomic mass is 9.96. The molecule has 7 heteroatoms. The van der Waals surface area contributed by atoms with Crippen molar-refractivity contribution in [1.82, 2.24) is 4.90 Å². The zero-order valence-electron chi connectivity index (χ0n) is 10.7. The molecule has 20 heavy (non-hydrogen) atoms. The number of likely N-dealkylation sites (tertiary alicyclic amines) is 1. The predicted octanol–water partition coefficient (Wildman–Crippen LogP) is 0.197. The van der Waals surface area contributed by atoms with Crippen molar-refractivity contribution in [3.05, 3.63) is 39.9 Å². The maximum atomic E-state index is 12.2. The highest BCUT2D eigenvalue weighted by Gasteiger charge is 2.24. The van der Waals surface area contributed by atoms with Crippen LogP contribution in [0.3, 0.4) is 0 Å². The van der Waals surface area contributed by atoms with Gasteiger partial charge in [-0.1, -0.05) is 6.07 Å². The lowest BCUT2D eigenvalue weighted by molar-refractivity contribution is -0.384. The van der Waals surface area contributed by atoms with Gasteiger partial charge < -0.3 is 14.8 Å². The molecule has 0 atom stereocenters. The van der Waals surface area contributed by atoms with Crippen LogP contribution in [-0.4, -0.2) is 34.8 Å². The zero-order chi connectivity index (χ0) is 14.7. The zero-order valence-corrected chi connectivity index (χ0v) is 10.7. The van der Waals surface area contributed by atoms with Crippen LogP contribution in [0.5, 0.6) is 0 Å². The van der Waals surface area contributed by atoms with Crippen molar-refractivity contribution in [3.63, 3.8) is 0 Å². The summed E-state index contributed by atoms with van der Waals surface area (Å²) in [5, 5.41) is 21.4. The molecule has 1 amide bonds. The molecule has 0 unspecified atom stereocenters. The Hall–Kier alpha value is -2.44. The Bertz CT molecular complexity index is 549. The molecule has 1 fully saturated rings. The summed E-state index contributed by atoms with van der Waals surface area (Å²) >= 11 is 0. The summed E-state index contributed by atoms with van der Waals surface area (Å²) in [6.07, 6.45) is 0.700. The standard InChI is InChI=1S/C13H14N2O5/c16-12(10-2-1-3-11(8-10)15(19)20)14-6-4-9(5-7-14)13(17)18/h1-3,8-9H,4-7H2,(H,17,18)/p-1. The minimum atomic E-state index is -1.09. The highest BCUT2D eigenvalue weighted by atomic mass is 16.6. The third-order valence-electron chi connectivity index (χ3n) is 3.42. The number of hydrogen-bond donors (Lipinski definition) is 0. The van der Waals surface area contributed by atoms with Gasteiger partial charge in [0.15, 0.2) is 0 Å². The Balaban J connectivity index is 2.07. The number of carbonyl (C=O) groups excluding carboxylic acids is 2. The number of rotatable bonds is 3. The molecule has 1 aliphatic rings. The minimum Gasteiger partial charge on any atom is -0.550 e. The fourth-order valence-corrected chi connectivity index (χ4v) is 2.25. The van der Waals surface area contributed by atoms with Crippen LogP contribution in [0.2, 0.25) is 0 Å². The normalized spacial score (nSPS) is 15.9. The first-order valence-corrected chi connectivity index (χ1v) is 6.23. The molecule has 106 valence electrons. The first kappa shape index (κ1) is 14.0. The van der Waals surface area contributed by atoms with Crippen LogP contribution in [0.4, 0.5) is 5.69 Å². The van der Waals surface area contributed by atoms with Crippen molar-refractivity contribution in [1.29, 1.82) is 0 Å². The highest BCUT2D eigenvalue weighted by molar-refractivity contribution is 5.95. The molecule has 0 saturated carbocycles. The number of amides is 1. The average molecular weight is 277 g/mol. The first-order chi connectivity index (χ1) is 9.49. The molecule has 0 N–H and O–H groups in total. The summed E-state index contributed by atoms with van der Waals surface area (Å²) < 4.78 is 0. The average Bonchev–Trinajstić information content (AvgIpc) is 2.46. The van der Waals surface area contributed by atoms with Gasteiger partial charge in [0.1, 0.15) is 0 Å². The number of nitrogens with zero attached hydrogens (tertiary/aromatic N) is 2. The van der Waals surface area contributed by atoms with E-state index in [1.807, 2.05) is 0 Å². The van der Waals surface area contributed by atoms with E-state index in [0.29, 0.717) is 25.9 Å². The fraction of sp³-hybridized carbons (Fsp3) is 0.385. The van der Waals surface area contributed by atoms with Crippen molar-refractivity contribution in [2.24, 2.45) is 5.92 Å². The Morgan fingerprint density at radius 1 is 1.25 bits per heavy atom. The number of carboxylic acid groups (broad SMARTS) is 1. The summed E-state index contributed by atoms with van der Waals surface area (Å²) in [7, 11) is 0. The molecule has 7 nitrogen and oxygen atoms in total. The van der Waals surface area contributed by atoms with E-state index in [-0.39, 0.29) is 17.2 Å². The number of non-ortho nitro benzene ring substituents is 1. The molecule has 2 rings (SSSR count). The van der Waals surface area contributed by atoms with Crippen LogP contribution >= 0.6 is 0 Å². The number of nitro groups is 1. The molecule has 0 aromatic heterocycles. The van der Waals surface area contributed by atoms with E-state index in [1.165, 1.54) is 29.2 Å². The minimum absolute atomic E-state index is 0.138. The molecule has 0 spiro atoms. The quantitative estimate of drug-likeness (QED) is 0.579. The van der Waals surface area contributed by atoms with Crippen LogP contribution in [0, 0.1) is 16.0 Å². The molecular weight excluding hydrogens is 264 g/mol. The summed E-state index contributed by atoms with van der Waals surface area (Å²) in [6.45, 7) is 0.639. The van der Waals surface area contributed by atoms with Gasteiger partial charge in [0, 0.05) is 42.7 Å². The third kappa shape index (κ3) is 2.93. The molecular formula is C13H13N2O5-. The Kier molecular flexibility index (Phi) is 3.97. The second kappa shape index (κ2) is 5.68. The van der Waals surface area contributed by atoms with Gasteiger partial charge >= 0.3 is 0 Å². The predicted molar refractivity (Wildman–Crippen MR) is 66.7 cm³/mol. The summed E-state index contributed by atoms with van der Waals surface area (Å²) in [6, 6.07) is 5.52. The van der Waals surface area contributed by atoms with Crippen LogP contribution in [0.1, 0.15) is 23.2 Å². The van der Waals surface area contributed by atoms with Gasteiger partial charge in [-0.2, -0.15) is 0 Å². The molecule has 1 aromatic rings. The van der Waals surface area contributed by atoms with E-state index in [0.717, 1.165) is 0 Å². The van der Waals surface area contributed by atoms with Gasteiger partial charge in [0.25, 0.3) is 11.6 Å². The third-order valence-corrected chi connectivity index (χ3v) is 3.42. The second-order valence-electron chi connectivity index (χ2n) is 4.69. The van der Waals surface area contributed by atoms with Gasteiger partial charge in [0.2, 0.25) is 0 Å². The van der Waals surface area contributed by atoms with Crippen LogP contribution in [0.25, 0.3) is 0 Å². The number of piperidine rings is 1. The highest BCUT2D eigenvalue weighted by Crippen LogP contribution is 2.20. The first-order valence-electron chi connectivity index (χ1n) is 6.23. The molecule has 0 radical (unpaired) electrons. The summed E-state index contributed by atoms with van der Waals surface area (Å²) in [5.74, 6) is -1.93. The van der Waals surface area contributed by atoms with Gasteiger partial charge in [-0.3, -0.25) is 14.9 Å². The number of hydrogen-bond acceptors (Lipinski definition) is 5. The van der Waals surface area contributed by atoms with Crippen molar-refractivity contribution in [3.8, 4) is 0 Å². The fourth-order valence-electron chi connectivity index (χ4n) is 2.25. The molecule has 1 saturated heterocycles. The molecule has 0 aliphatic carbocycles. The lowest BCUT2D eigenvalue weighted by Crippen LogP contribution is -2.43. The van der Waals surface area contributed by atoms with E-state index < -0.39 is 16.8 Å². The SMILES string of the molecule is O=C([O-])C1CCN(C(=O)c2cccc([N+](=O)[O-])c2)CC1. The van der Waals surface area contributed by atoms with Gasteiger partial charge in [0.05, 0.1) is 4.92 Å². The van der Waals surface area contributed by atoms with Crippen molar-refractivity contribution in [2.45, 2.75) is 12.8 Å². The van der Waals surface area contributed by atoms with Gasteiger partial charge in [-0.05, 0) is 18.9 Å².